The minimum atomic E-state index is -2.99. The van der Waals surface area contributed by atoms with Crippen molar-refractivity contribution in [1.29, 1.82) is 0 Å². The SMILES string of the molecule is CC1CCOP(=O)(CC2CC(=O)O2)O1. The van der Waals surface area contributed by atoms with Crippen molar-refractivity contribution in [3.05, 3.63) is 0 Å². The topological polar surface area (TPSA) is 61.8 Å². The average Bonchev–Trinajstić information content (AvgIpc) is 2.00. The quantitative estimate of drug-likeness (QED) is 0.518. The van der Waals surface area contributed by atoms with E-state index in [-0.39, 0.29) is 24.3 Å². The van der Waals surface area contributed by atoms with Crippen LogP contribution in [0, 0.1) is 0 Å². The molecule has 0 spiro atoms. The number of rotatable bonds is 2. The molecular weight excluding hydrogens is 207 g/mol. The van der Waals surface area contributed by atoms with Crippen LogP contribution in [-0.4, -0.2) is 30.9 Å². The molecule has 0 N–H and O–H groups in total. The zero-order chi connectivity index (χ0) is 10.2. The molecule has 0 aromatic heterocycles. The fraction of sp³-hybridized carbons (Fsp3) is 0.875. The molecule has 2 saturated heterocycles. The molecular formula is C8H13O5P. The molecule has 0 aromatic carbocycles. The molecule has 0 aliphatic carbocycles. The van der Waals surface area contributed by atoms with Crippen molar-refractivity contribution in [1.82, 2.24) is 0 Å². The standard InChI is InChI=1S/C8H13O5P/c1-6-2-3-11-14(10,13-6)5-7-4-8(9)12-7/h6-7H,2-5H2,1H3. The predicted octanol–water partition coefficient (Wildman–Crippen LogP) is 1.32. The van der Waals surface area contributed by atoms with Crippen LogP contribution >= 0.6 is 7.60 Å². The molecule has 5 nitrogen and oxygen atoms in total. The Kier molecular flexibility index (Phi) is 2.64. The summed E-state index contributed by atoms with van der Waals surface area (Å²) >= 11 is 0. The Bertz CT molecular complexity index is 281. The van der Waals surface area contributed by atoms with Crippen molar-refractivity contribution in [3.63, 3.8) is 0 Å². The van der Waals surface area contributed by atoms with Crippen molar-refractivity contribution in [3.8, 4) is 0 Å². The summed E-state index contributed by atoms with van der Waals surface area (Å²) in [6.07, 6.45) is 0.965. The molecule has 2 fully saturated rings. The summed E-state index contributed by atoms with van der Waals surface area (Å²) in [5, 5.41) is 0. The third-order valence-electron chi connectivity index (χ3n) is 2.27. The maximum absolute atomic E-state index is 11.9. The molecule has 3 atom stereocenters. The summed E-state index contributed by atoms with van der Waals surface area (Å²) in [5.41, 5.74) is 0. The number of ether oxygens (including phenoxy) is 1. The number of esters is 1. The van der Waals surface area contributed by atoms with Crippen molar-refractivity contribution in [2.45, 2.75) is 32.0 Å². The van der Waals surface area contributed by atoms with Crippen molar-refractivity contribution >= 4 is 13.6 Å². The lowest BCUT2D eigenvalue weighted by Crippen LogP contribution is -2.36. The van der Waals surface area contributed by atoms with Crippen LogP contribution in [0.2, 0.25) is 0 Å². The highest BCUT2D eigenvalue weighted by molar-refractivity contribution is 7.54. The lowest BCUT2D eigenvalue weighted by atomic mass is 10.2. The summed E-state index contributed by atoms with van der Waals surface area (Å²) in [4.78, 5) is 10.5. The first kappa shape index (κ1) is 10.1. The van der Waals surface area contributed by atoms with Crippen LogP contribution in [0.15, 0.2) is 0 Å². The molecule has 0 bridgehead atoms. The summed E-state index contributed by atoms with van der Waals surface area (Å²) in [5.74, 6) is -0.244. The maximum atomic E-state index is 11.9. The molecule has 6 heteroatoms. The summed E-state index contributed by atoms with van der Waals surface area (Å²) in [6, 6.07) is 0. The van der Waals surface area contributed by atoms with Gasteiger partial charge in [0.05, 0.1) is 25.3 Å². The van der Waals surface area contributed by atoms with Gasteiger partial charge in [-0.25, -0.2) is 0 Å². The second-order valence-electron chi connectivity index (χ2n) is 3.65. The van der Waals surface area contributed by atoms with Crippen LogP contribution in [0.25, 0.3) is 0 Å². The van der Waals surface area contributed by atoms with Crippen LogP contribution in [0.5, 0.6) is 0 Å². The second kappa shape index (κ2) is 3.65. The van der Waals surface area contributed by atoms with Gasteiger partial charge in [0, 0.05) is 0 Å². The summed E-state index contributed by atoms with van der Waals surface area (Å²) < 4.78 is 27.1. The molecule has 0 aromatic rings. The highest BCUT2D eigenvalue weighted by atomic mass is 31.2. The third-order valence-corrected chi connectivity index (χ3v) is 4.38. The van der Waals surface area contributed by atoms with Gasteiger partial charge in [-0.2, -0.15) is 0 Å². The monoisotopic (exact) mass is 220 g/mol. The van der Waals surface area contributed by atoms with Gasteiger partial charge in [0.15, 0.2) is 0 Å². The molecule has 2 rings (SSSR count). The van der Waals surface area contributed by atoms with Gasteiger partial charge in [-0.05, 0) is 13.3 Å². The van der Waals surface area contributed by atoms with E-state index in [9.17, 15) is 9.36 Å². The number of hydrogen-bond acceptors (Lipinski definition) is 5. The molecule has 0 amide bonds. The largest absolute Gasteiger partial charge is 0.461 e. The minimum Gasteiger partial charge on any atom is -0.461 e. The van der Waals surface area contributed by atoms with E-state index in [1.165, 1.54) is 0 Å². The van der Waals surface area contributed by atoms with E-state index >= 15 is 0 Å². The van der Waals surface area contributed by atoms with E-state index < -0.39 is 7.60 Å². The van der Waals surface area contributed by atoms with E-state index in [2.05, 4.69) is 0 Å². The van der Waals surface area contributed by atoms with E-state index in [0.717, 1.165) is 6.42 Å². The van der Waals surface area contributed by atoms with E-state index in [1.54, 1.807) is 0 Å². The van der Waals surface area contributed by atoms with Gasteiger partial charge in [0.2, 0.25) is 0 Å². The number of cyclic esters (lactones) is 1. The van der Waals surface area contributed by atoms with Gasteiger partial charge in [-0.15, -0.1) is 0 Å². The van der Waals surface area contributed by atoms with Crippen LogP contribution in [0.4, 0.5) is 0 Å². The number of carbonyl (C=O) groups is 1. The molecule has 3 unspecified atom stereocenters. The normalized spacial score (nSPS) is 42.8. The first-order chi connectivity index (χ1) is 6.57. The molecule has 2 aliphatic heterocycles. The highest BCUT2D eigenvalue weighted by Gasteiger charge is 2.40. The van der Waals surface area contributed by atoms with Gasteiger partial charge in [-0.1, -0.05) is 0 Å². The molecule has 2 aliphatic rings. The van der Waals surface area contributed by atoms with Gasteiger partial charge in [-0.3, -0.25) is 9.36 Å². The predicted molar refractivity (Wildman–Crippen MR) is 48.1 cm³/mol. The van der Waals surface area contributed by atoms with Gasteiger partial charge in [0.1, 0.15) is 6.10 Å². The van der Waals surface area contributed by atoms with Gasteiger partial charge < -0.3 is 13.8 Å². The Morgan fingerprint density at radius 3 is 2.86 bits per heavy atom. The third kappa shape index (κ3) is 2.16. The number of carbonyl (C=O) groups excluding carboxylic acids is 1. The number of hydrogen-bond donors (Lipinski definition) is 0. The van der Waals surface area contributed by atoms with Crippen molar-refractivity contribution in [2.24, 2.45) is 0 Å². The zero-order valence-corrected chi connectivity index (χ0v) is 8.87. The Morgan fingerprint density at radius 2 is 2.29 bits per heavy atom. The van der Waals surface area contributed by atoms with Crippen LogP contribution in [0.1, 0.15) is 19.8 Å². The Labute approximate surface area is 82.2 Å². The minimum absolute atomic E-state index is 0.0367. The lowest BCUT2D eigenvalue weighted by molar-refractivity contribution is -0.167. The van der Waals surface area contributed by atoms with Gasteiger partial charge >= 0.3 is 13.6 Å². The molecule has 80 valence electrons. The average molecular weight is 220 g/mol. The van der Waals surface area contributed by atoms with E-state index in [4.69, 9.17) is 13.8 Å². The van der Waals surface area contributed by atoms with Crippen molar-refractivity contribution < 1.29 is 23.1 Å². The molecule has 0 saturated carbocycles. The van der Waals surface area contributed by atoms with Gasteiger partial charge in [0.25, 0.3) is 0 Å². The Hall–Kier alpha value is -0.380. The lowest BCUT2D eigenvalue weighted by Gasteiger charge is -2.32. The fourth-order valence-electron chi connectivity index (χ4n) is 1.52. The first-order valence-electron chi connectivity index (χ1n) is 4.69. The Morgan fingerprint density at radius 1 is 1.57 bits per heavy atom. The zero-order valence-electron chi connectivity index (χ0n) is 7.97. The summed E-state index contributed by atoms with van der Waals surface area (Å²) in [6.45, 7) is 2.32. The fourth-order valence-corrected chi connectivity index (χ4v) is 3.52. The maximum Gasteiger partial charge on any atom is 0.334 e. The first-order valence-corrected chi connectivity index (χ1v) is 6.42. The molecule has 14 heavy (non-hydrogen) atoms. The van der Waals surface area contributed by atoms with Crippen LogP contribution in [0.3, 0.4) is 0 Å². The Balaban J connectivity index is 1.88. The molecule has 2 heterocycles. The van der Waals surface area contributed by atoms with Crippen LogP contribution in [-0.2, 0) is 23.1 Å². The van der Waals surface area contributed by atoms with E-state index in [1.807, 2.05) is 6.92 Å². The second-order valence-corrected chi connectivity index (χ2v) is 5.70. The highest BCUT2D eigenvalue weighted by Crippen LogP contribution is 2.53. The van der Waals surface area contributed by atoms with Crippen molar-refractivity contribution in [2.75, 3.05) is 12.8 Å². The van der Waals surface area contributed by atoms with Crippen LogP contribution < -0.4 is 0 Å². The molecule has 0 radical (unpaired) electrons. The summed E-state index contributed by atoms with van der Waals surface area (Å²) in [7, 11) is -2.99. The van der Waals surface area contributed by atoms with E-state index in [0.29, 0.717) is 13.0 Å². The smallest absolute Gasteiger partial charge is 0.334 e.